The van der Waals surface area contributed by atoms with Crippen LogP contribution in [0.1, 0.15) is 22.3 Å². The Morgan fingerprint density at radius 2 is 1.11 bits per heavy atom. The molecular formula is C44H26N2O. The largest absolute Gasteiger partial charge is 0.456 e. The van der Waals surface area contributed by atoms with E-state index in [0.29, 0.717) is 0 Å². The maximum Gasteiger partial charge on any atom is 0.146 e. The van der Waals surface area contributed by atoms with Crippen molar-refractivity contribution >= 4 is 33.0 Å². The first-order chi connectivity index (χ1) is 23.3. The molecule has 0 bridgehead atoms. The molecule has 1 unspecified atom stereocenters. The van der Waals surface area contributed by atoms with Crippen LogP contribution in [-0.4, -0.2) is 9.55 Å². The number of nitrogens with zero attached hydrogens (tertiary/aromatic N) is 2. The Bertz CT molecular complexity index is 2750. The van der Waals surface area contributed by atoms with Gasteiger partial charge < -0.3 is 4.42 Å². The number of fused-ring (bicyclic) bond motifs is 15. The summed E-state index contributed by atoms with van der Waals surface area (Å²) in [4.78, 5) is 5.33. The Labute approximate surface area is 271 Å². The molecule has 0 saturated carbocycles. The number of furan rings is 1. The van der Waals surface area contributed by atoms with Crippen molar-refractivity contribution in [1.82, 2.24) is 9.55 Å². The van der Waals surface area contributed by atoms with Gasteiger partial charge in [0, 0.05) is 22.0 Å². The van der Waals surface area contributed by atoms with Gasteiger partial charge in [-0.2, -0.15) is 0 Å². The van der Waals surface area contributed by atoms with Gasteiger partial charge in [-0.1, -0.05) is 121 Å². The highest BCUT2D eigenvalue weighted by atomic mass is 16.3. The molecule has 0 N–H and O–H groups in total. The molecule has 0 saturated heterocycles. The summed E-state index contributed by atoms with van der Waals surface area (Å²) in [6.07, 6.45) is 0. The van der Waals surface area contributed by atoms with Crippen molar-refractivity contribution < 1.29 is 4.42 Å². The summed E-state index contributed by atoms with van der Waals surface area (Å²) in [7, 11) is 0. The van der Waals surface area contributed by atoms with Crippen molar-refractivity contribution in [3.8, 4) is 39.3 Å². The number of imidazole rings is 1. The van der Waals surface area contributed by atoms with Gasteiger partial charge in [-0.3, -0.25) is 4.57 Å². The van der Waals surface area contributed by atoms with Gasteiger partial charge in [-0.25, -0.2) is 4.98 Å². The molecule has 0 aliphatic heterocycles. The minimum Gasteiger partial charge on any atom is -0.456 e. The quantitative estimate of drug-likeness (QED) is 0.198. The third-order valence-electron chi connectivity index (χ3n) is 10.4. The van der Waals surface area contributed by atoms with Crippen LogP contribution in [0.3, 0.4) is 0 Å². The van der Waals surface area contributed by atoms with Crippen LogP contribution in [0, 0.1) is 0 Å². The second-order valence-corrected chi connectivity index (χ2v) is 12.6. The first kappa shape index (κ1) is 25.1. The second-order valence-electron chi connectivity index (χ2n) is 12.6. The van der Waals surface area contributed by atoms with Crippen molar-refractivity contribution in [2.45, 2.75) is 5.41 Å². The summed E-state index contributed by atoms with van der Waals surface area (Å²) < 4.78 is 8.75. The van der Waals surface area contributed by atoms with E-state index in [-0.39, 0.29) is 0 Å². The van der Waals surface area contributed by atoms with Crippen LogP contribution in [-0.2, 0) is 5.41 Å². The van der Waals surface area contributed by atoms with Gasteiger partial charge >= 0.3 is 0 Å². The summed E-state index contributed by atoms with van der Waals surface area (Å²) in [5.74, 6) is 0.948. The van der Waals surface area contributed by atoms with E-state index in [0.717, 1.165) is 44.7 Å². The summed E-state index contributed by atoms with van der Waals surface area (Å²) in [6, 6.07) is 56.8. The number of hydrogen-bond donors (Lipinski definition) is 0. The second kappa shape index (κ2) is 8.96. The molecule has 1 atom stereocenters. The Kier molecular flexibility index (Phi) is 4.78. The van der Waals surface area contributed by atoms with Crippen LogP contribution in [0.4, 0.5) is 0 Å². The molecule has 9 aromatic rings. The van der Waals surface area contributed by atoms with Crippen LogP contribution < -0.4 is 0 Å². The lowest BCUT2D eigenvalue weighted by atomic mass is 9.70. The first-order valence-corrected chi connectivity index (χ1v) is 16.2. The van der Waals surface area contributed by atoms with Gasteiger partial charge in [-0.15, -0.1) is 0 Å². The van der Waals surface area contributed by atoms with E-state index in [1.807, 2.05) is 6.07 Å². The molecule has 0 radical (unpaired) electrons. The summed E-state index contributed by atoms with van der Waals surface area (Å²) in [5, 5.41) is 2.35. The average Bonchev–Trinajstić information content (AvgIpc) is 3.87. The van der Waals surface area contributed by atoms with Crippen molar-refractivity contribution in [1.29, 1.82) is 0 Å². The SMILES string of the molecule is c1ccc(-n2c(-c3cccc4c3-c3ccccc3C43c4ccccc4-c4c3ccc3oc5ccccc5c43)nc3ccccc32)cc1. The normalized spacial score (nSPS) is 15.7. The topological polar surface area (TPSA) is 31.0 Å². The van der Waals surface area contributed by atoms with E-state index < -0.39 is 5.41 Å². The zero-order valence-electron chi connectivity index (χ0n) is 25.3. The van der Waals surface area contributed by atoms with E-state index in [1.165, 1.54) is 49.9 Å². The highest BCUT2D eigenvalue weighted by molar-refractivity contribution is 6.16. The maximum atomic E-state index is 6.43. The molecule has 0 amide bonds. The molecule has 2 aromatic heterocycles. The van der Waals surface area contributed by atoms with E-state index >= 15 is 0 Å². The fourth-order valence-electron chi connectivity index (χ4n) is 8.72. The molecule has 218 valence electrons. The van der Waals surface area contributed by atoms with Crippen LogP contribution in [0.5, 0.6) is 0 Å². The smallest absolute Gasteiger partial charge is 0.146 e. The molecule has 3 nitrogen and oxygen atoms in total. The number of hydrogen-bond acceptors (Lipinski definition) is 2. The van der Waals surface area contributed by atoms with E-state index in [4.69, 9.17) is 9.40 Å². The number of benzene rings is 7. The van der Waals surface area contributed by atoms with E-state index in [9.17, 15) is 0 Å². The van der Waals surface area contributed by atoms with Crippen molar-refractivity contribution in [3.63, 3.8) is 0 Å². The van der Waals surface area contributed by atoms with Crippen LogP contribution in [0.25, 0.3) is 72.3 Å². The van der Waals surface area contributed by atoms with Crippen molar-refractivity contribution in [2.24, 2.45) is 0 Å². The van der Waals surface area contributed by atoms with Crippen LogP contribution >= 0.6 is 0 Å². The maximum absolute atomic E-state index is 6.43. The lowest BCUT2D eigenvalue weighted by Crippen LogP contribution is -2.25. The summed E-state index contributed by atoms with van der Waals surface area (Å²) >= 11 is 0. The molecule has 7 aromatic carbocycles. The third-order valence-corrected chi connectivity index (χ3v) is 10.4. The fraction of sp³-hybridized carbons (Fsp3) is 0.0227. The van der Waals surface area contributed by atoms with Gasteiger partial charge in [0.2, 0.25) is 0 Å². The third kappa shape index (κ3) is 3.04. The molecular weight excluding hydrogens is 572 g/mol. The van der Waals surface area contributed by atoms with Crippen molar-refractivity contribution in [3.05, 3.63) is 180 Å². The molecule has 47 heavy (non-hydrogen) atoms. The number of para-hydroxylation sites is 4. The van der Waals surface area contributed by atoms with E-state index in [1.54, 1.807) is 0 Å². The molecule has 11 rings (SSSR count). The molecule has 3 heteroatoms. The van der Waals surface area contributed by atoms with Gasteiger partial charge in [0.25, 0.3) is 0 Å². The summed E-state index contributed by atoms with van der Waals surface area (Å²) in [6.45, 7) is 0. The van der Waals surface area contributed by atoms with Gasteiger partial charge in [0.1, 0.15) is 17.0 Å². The average molecular weight is 599 g/mol. The standard InChI is InChI=1S/C44H26N2O/c1-2-13-27(14-3-1)46-37-23-10-9-22-36(37)45-43(46)31-18-12-21-34-40(31)28-15-4-7-19-32(28)44(34)33-20-8-5-16-29(33)41-35(44)25-26-39-42(41)30-17-6-11-24-38(30)47-39/h1-26H. The van der Waals surface area contributed by atoms with Gasteiger partial charge in [-0.05, 0) is 80.9 Å². The highest BCUT2D eigenvalue weighted by Gasteiger charge is 2.53. The molecule has 0 fully saturated rings. The van der Waals surface area contributed by atoms with Crippen molar-refractivity contribution in [2.75, 3.05) is 0 Å². The Morgan fingerprint density at radius 3 is 1.96 bits per heavy atom. The van der Waals surface area contributed by atoms with Gasteiger partial charge in [0.15, 0.2) is 0 Å². The zero-order chi connectivity index (χ0) is 30.7. The van der Waals surface area contributed by atoms with Crippen LogP contribution in [0.2, 0.25) is 0 Å². The zero-order valence-corrected chi connectivity index (χ0v) is 25.3. The molecule has 1 spiro atoms. The predicted octanol–water partition coefficient (Wildman–Crippen LogP) is 10.9. The fourth-order valence-corrected chi connectivity index (χ4v) is 8.72. The van der Waals surface area contributed by atoms with Crippen LogP contribution in [0.15, 0.2) is 162 Å². The number of rotatable bonds is 2. The number of aromatic nitrogens is 2. The Hall–Kier alpha value is -6.19. The minimum absolute atomic E-state index is 0.482. The lowest BCUT2D eigenvalue weighted by Gasteiger charge is -2.30. The molecule has 2 aliphatic rings. The monoisotopic (exact) mass is 598 g/mol. The van der Waals surface area contributed by atoms with E-state index in [2.05, 4.69) is 156 Å². The highest BCUT2D eigenvalue weighted by Crippen LogP contribution is 2.65. The first-order valence-electron chi connectivity index (χ1n) is 16.2. The molecule has 2 aliphatic carbocycles. The molecule has 2 heterocycles. The van der Waals surface area contributed by atoms with Gasteiger partial charge in [0.05, 0.1) is 16.4 Å². The minimum atomic E-state index is -0.482. The predicted molar refractivity (Wildman–Crippen MR) is 190 cm³/mol. The Morgan fingerprint density at radius 1 is 0.468 bits per heavy atom. The lowest BCUT2D eigenvalue weighted by molar-refractivity contribution is 0.668. The Balaban J connectivity index is 1.29. The summed E-state index contributed by atoms with van der Waals surface area (Å²) in [5.41, 5.74) is 15.9.